The zero-order valence-corrected chi connectivity index (χ0v) is 32.0. The largest absolute Gasteiger partial charge is 0.455 e. The number of fused-ring (bicyclic) bond motifs is 4. The van der Waals surface area contributed by atoms with Gasteiger partial charge in [-0.05, 0) is 67.9 Å². The number of furan rings is 1. The first-order valence-electron chi connectivity index (χ1n) is 19.8. The van der Waals surface area contributed by atoms with E-state index < -0.39 is 0 Å². The highest BCUT2D eigenvalue weighted by Crippen LogP contribution is 2.43. The average molecular weight is 754 g/mol. The second-order valence-corrected chi connectivity index (χ2v) is 14.8. The standard InChI is InChI=1S/C55H35N3O/c1-4-14-36(15-5-1)39-26-29-41(30-27-39)53-56-54(44-31-28-38-18-10-11-21-42(38)34-44)58-55(57-53)48-24-13-25-50-51(48)47-23-12-22-46(52(47)59-50)45-33-32-43(37-16-6-2-7-17-37)35-49(45)40-19-8-3-9-20-40/h1-35H. The summed E-state index contributed by atoms with van der Waals surface area (Å²) >= 11 is 0. The van der Waals surface area contributed by atoms with Crippen LogP contribution in [0, 0.1) is 0 Å². The van der Waals surface area contributed by atoms with E-state index in [9.17, 15) is 0 Å². The minimum atomic E-state index is 0.584. The quantitative estimate of drug-likeness (QED) is 0.163. The minimum absolute atomic E-state index is 0.584. The Morgan fingerprint density at radius 2 is 0.831 bits per heavy atom. The normalized spacial score (nSPS) is 11.4. The van der Waals surface area contributed by atoms with Gasteiger partial charge in [-0.25, -0.2) is 15.0 Å². The molecule has 11 rings (SSSR count). The highest BCUT2D eigenvalue weighted by molar-refractivity contribution is 6.15. The highest BCUT2D eigenvalue weighted by Gasteiger charge is 2.21. The first-order chi connectivity index (χ1) is 29.2. The van der Waals surface area contributed by atoms with Crippen molar-refractivity contribution < 1.29 is 4.42 Å². The Labute approximate surface area is 341 Å². The molecule has 2 aromatic heterocycles. The maximum Gasteiger partial charge on any atom is 0.164 e. The molecule has 0 spiro atoms. The first-order valence-corrected chi connectivity index (χ1v) is 19.8. The highest BCUT2D eigenvalue weighted by atomic mass is 16.3. The van der Waals surface area contributed by atoms with Gasteiger partial charge in [0.25, 0.3) is 0 Å². The maximum absolute atomic E-state index is 6.87. The van der Waals surface area contributed by atoms with Gasteiger partial charge in [-0.2, -0.15) is 0 Å². The smallest absolute Gasteiger partial charge is 0.164 e. The molecule has 0 fully saturated rings. The number of hydrogen-bond acceptors (Lipinski definition) is 4. The van der Waals surface area contributed by atoms with Crippen LogP contribution < -0.4 is 0 Å². The van der Waals surface area contributed by atoms with Crippen LogP contribution in [0.2, 0.25) is 0 Å². The molecule has 0 radical (unpaired) electrons. The summed E-state index contributed by atoms with van der Waals surface area (Å²) < 4.78 is 6.87. The molecule has 0 saturated heterocycles. The van der Waals surface area contributed by atoms with E-state index in [0.29, 0.717) is 17.5 Å². The third-order valence-corrected chi connectivity index (χ3v) is 11.2. The summed E-state index contributed by atoms with van der Waals surface area (Å²) in [5.74, 6) is 1.80. The van der Waals surface area contributed by atoms with Gasteiger partial charge in [-0.15, -0.1) is 0 Å². The Kier molecular flexibility index (Phi) is 8.45. The lowest BCUT2D eigenvalue weighted by Gasteiger charge is -2.13. The third-order valence-electron chi connectivity index (χ3n) is 11.2. The van der Waals surface area contributed by atoms with E-state index in [4.69, 9.17) is 19.4 Å². The summed E-state index contributed by atoms with van der Waals surface area (Å²) in [6.45, 7) is 0. The van der Waals surface area contributed by atoms with E-state index in [1.165, 1.54) is 5.56 Å². The Hall–Kier alpha value is -7.95. The van der Waals surface area contributed by atoms with E-state index in [1.807, 2.05) is 18.2 Å². The second-order valence-electron chi connectivity index (χ2n) is 14.8. The molecule has 0 bridgehead atoms. The number of nitrogens with zero attached hydrogens (tertiary/aromatic N) is 3. The van der Waals surface area contributed by atoms with Crippen molar-refractivity contribution >= 4 is 32.7 Å². The van der Waals surface area contributed by atoms with Gasteiger partial charge in [-0.1, -0.05) is 194 Å². The van der Waals surface area contributed by atoms with Gasteiger partial charge < -0.3 is 4.42 Å². The predicted molar refractivity (Wildman–Crippen MR) is 243 cm³/mol. The Morgan fingerprint density at radius 3 is 1.58 bits per heavy atom. The monoisotopic (exact) mass is 753 g/mol. The van der Waals surface area contributed by atoms with Crippen LogP contribution in [0.25, 0.3) is 111 Å². The minimum Gasteiger partial charge on any atom is -0.455 e. The molecule has 4 heteroatoms. The lowest BCUT2D eigenvalue weighted by atomic mass is 9.90. The summed E-state index contributed by atoms with van der Waals surface area (Å²) in [6, 6.07) is 74.0. The van der Waals surface area contributed by atoms with E-state index in [0.717, 1.165) is 88.3 Å². The molecule has 0 unspecified atom stereocenters. The molecule has 11 aromatic rings. The molecular weight excluding hydrogens is 719 g/mol. The lowest BCUT2D eigenvalue weighted by Crippen LogP contribution is -2.00. The summed E-state index contributed by atoms with van der Waals surface area (Å²) in [7, 11) is 0. The first kappa shape index (κ1) is 34.3. The van der Waals surface area contributed by atoms with Crippen molar-refractivity contribution in [3.63, 3.8) is 0 Å². The molecular formula is C55H35N3O. The maximum atomic E-state index is 6.87. The molecule has 0 N–H and O–H groups in total. The zero-order valence-electron chi connectivity index (χ0n) is 32.0. The van der Waals surface area contributed by atoms with E-state index in [2.05, 4.69) is 194 Å². The zero-order chi connectivity index (χ0) is 39.1. The van der Waals surface area contributed by atoms with Gasteiger partial charge in [-0.3, -0.25) is 0 Å². The lowest BCUT2D eigenvalue weighted by molar-refractivity contribution is 0.670. The van der Waals surface area contributed by atoms with Crippen molar-refractivity contribution in [1.82, 2.24) is 15.0 Å². The van der Waals surface area contributed by atoms with Crippen LogP contribution in [0.4, 0.5) is 0 Å². The van der Waals surface area contributed by atoms with E-state index >= 15 is 0 Å². The van der Waals surface area contributed by atoms with Crippen molar-refractivity contribution in [2.24, 2.45) is 0 Å². The van der Waals surface area contributed by atoms with Gasteiger partial charge in [0.1, 0.15) is 11.2 Å². The van der Waals surface area contributed by atoms with Gasteiger partial charge in [0, 0.05) is 33.0 Å². The molecule has 2 heterocycles. The van der Waals surface area contributed by atoms with Crippen LogP contribution in [0.5, 0.6) is 0 Å². The van der Waals surface area contributed by atoms with Gasteiger partial charge in [0.2, 0.25) is 0 Å². The van der Waals surface area contributed by atoms with Crippen LogP contribution in [-0.2, 0) is 0 Å². The average Bonchev–Trinajstić information content (AvgIpc) is 3.71. The van der Waals surface area contributed by atoms with E-state index in [-0.39, 0.29) is 0 Å². The van der Waals surface area contributed by atoms with Crippen LogP contribution in [0.15, 0.2) is 217 Å². The van der Waals surface area contributed by atoms with Crippen molar-refractivity contribution in [3.8, 4) is 78.7 Å². The third kappa shape index (κ3) is 6.34. The molecule has 9 aromatic carbocycles. The van der Waals surface area contributed by atoms with Gasteiger partial charge >= 0.3 is 0 Å². The van der Waals surface area contributed by atoms with Crippen LogP contribution in [-0.4, -0.2) is 15.0 Å². The summed E-state index contributed by atoms with van der Waals surface area (Å²) in [5, 5.41) is 4.26. The van der Waals surface area contributed by atoms with Gasteiger partial charge in [0.15, 0.2) is 17.5 Å². The number of benzene rings is 9. The topological polar surface area (TPSA) is 51.8 Å². The van der Waals surface area contributed by atoms with E-state index in [1.54, 1.807) is 0 Å². The fourth-order valence-electron chi connectivity index (χ4n) is 8.22. The molecule has 0 amide bonds. The molecule has 4 nitrogen and oxygen atoms in total. The Bertz CT molecular complexity index is 3300. The van der Waals surface area contributed by atoms with Crippen molar-refractivity contribution in [2.75, 3.05) is 0 Å². The summed E-state index contributed by atoms with van der Waals surface area (Å²) in [5.41, 5.74) is 13.3. The molecule has 0 aliphatic rings. The molecule has 276 valence electrons. The van der Waals surface area contributed by atoms with Crippen LogP contribution >= 0.6 is 0 Å². The summed E-state index contributed by atoms with van der Waals surface area (Å²) in [4.78, 5) is 15.5. The molecule has 0 saturated carbocycles. The van der Waals surface area contributed by atoms with Crippen LogP contribution in [0.1, 0.15) is 0 Å². The molecule has 59 heavy (non-hydrogen) atoms. The fraction of sp³-hybridized carbons (Fsp3) is 0. The fourth-order valence-corrected chi connectivity index (χ4v) is 8.22. The number of hydrogen-bond donors (Lipinski definition) is 0. The number of para-hydroxylation sites is 1. The Morgan fingerprint density at radius 1 is 0.288 bits per heavy atom. The van der Waals surface area contributed by atoms with Crippen molar-refractivity contribution in [1.29, 1.82) is 0 Å². The predicted octanol–water partition coefficient (Wildman–Crippen LogP) is 14.6. The second kappa shape index (κ2) is 14.5. The number of rotatable bonds is 7. The van der Waals surface area contributed by atoms with Gasteiger partial charge in [0.05, 0.1) is 0 Å². The van der Waals surface area contributed by atoms with Crippen molar-refractivity contribution in [3.05, 3.63) is 212 Å². The Balaban J connectivity index is 1.09. The molecule has 0 atom stereocenters. The number of aromatic nitrogens is 3. The van der Waals surface area contributed by atoms with Crippen LogP contribution in [0.3, 0.4) is 0 Å². The molecule has 0 aliphatic carbocycles. The SMILES string of the molecule is c1ccc(-c2ccc(-c3nc(-c4ccc5ccccc5c4)nc(-c4cccc5oc6c(-c7ccc(-c8ccccc8)cc7-c7ccccc7)cccc6c45)n3)cc2)cc1. The van der Waals surface area contributed by atoms with Crippen molar-refractivity contribution in [2.45, 2.75) is 0 Å². The summed E-state index contributed by atoms with van der Waals surface area (Å²) in [6.07, 6.45) is 0. The molecule has 0 aliphatic heterocycles.